The Morgan fingerprint density at radius 3 is 2.73 bits per heavy atom. The predicted molar refractivity (Wildman–Crippen MR) is 48.7 cm³/mol. The first-order valence-corrected chi connectivity index (χ1v) is 3.52. The summed E-state index contributed by atoms with van der Waals surface area (Å²) in [6.45, 7) is 0. The molecule has 0 saturated carbocycles. The van der Waals surface area contributed by atoms with Gasteiger partial charge in [-0.05, 0) is 22.0 Å². The number of aromatic nitrogens is 1. The monoisotopic (exact) mass is 240 g/mol. The zero-order chi connectivity index (χ0) is 7.56. The van der Waals surface area contributed by atoms with Crippen LogP contribution in [0, 0.1) is 5.82 Å². The van der Waals surface area contributed by atoms with E-state index in [0.717, 1.165) is 0 Å². The lowest BCUT2D eigenvalue weighted by atomic mass is 10.4. The average molecular weight is 241 g/mol. The predicted octanol–water partition coefficient (Wildman–Crippen LogP) is 2.45. The van der Waals surface area contributed by atoms with Crippen LogP contribution in [0.25, 0.3) is 0 Å². The third kappa shape index (κ3) is 2.63. The van der Waals surface area contributed by atoms with Crippen LogP contribution in [-0.2, 0) is 0 Å². The maximum atomic E-state index is 12.7. The van der Waals surface area contributed by atoms with E-state index in [4.69, 9.17) is 0 Å². The molecule has 1 aromatic rings. The normalized spacial score (nSPS) is 8.64. The van der Waals surface area contributed by atoms with Crippen LogP contribution in [-0.4, -0.2) is 12.0 Å². The van der Waals surface area contributed by atoms with Crippen LogP contribution in [0.15, 0.2) is 16.7 Å². The Morgan fingerprint density at radius 2 is 2.27 bits per heavy atom. The van der Waals surface area contributed by atoms with Crippen molar-refractivity contribution < 1.29 is 4.39 Å². The lowest BCUT2D eigenvalue weighted by Crippen LogP contribution is -1.94. The molecule has 0 amide bonds. The van der Waals surface area contributed by atoms with E-state index in [1.807, 2.05) is 0 Å². The van der Waals surface area contributed by atoms with Gasteiger partial charge in [0.15, 0.2) is 11.6 Å². The molecule has 1 rings (SSSR count). The van der Waals surface area contributed by atoms with E-state index < -0.39 is 0 Å². The van der Waals surface area contributed by atoms with Crippen molar-refractivity contribution in [2.45, 2.75) is 0 Å². The van der Waals surface area contributed by atoms with Gasteiger partial charge in [-0.1, -0.05) is 0 Å². The molecule has 1 heterocycles. The maximum Gasteiger partial charge on any atom is 0.166 e. The van der Waals surface area contributed by atoms with Crippen LogP contribution in [0.2, 0.25) is 0 Å². The van der Waals surface area contributed by atoms with E-state index in [0.29, 0.717) is 4.47 Å². The molecule has 0 aliphatic rings. The quantitative estimate of drug-likeness (QED) is 0.817. The molecule has 5 heteroatoms. The molecular weight excluding hydrogens is 234 g/mol. The fourth-order valence-electron chi connectivity index (χ4n) is 0.599. The van der Waals surface area contributed by atoms with Gasteiger partial charge in [-0.25, -0.2) is 9.37 Å². The van der Waals surface area contributed by atoms with Crippen LogP contribution >= 0.6 is 28.3 Å². The van der Waals surface area contributed by atoms with Crippen molar-refractivity contribution in [3.63, 3.8) is 0 Å². The van der Waals surface area contributed by atoms with E-state index in [1.165, 1.54) is 12.3 Å². The van der Waals surface area contributed by atoms with E-state index in [1.54, 1.807) is 7.05 Å². The van der Waals surface area contributed by atoms with Gasteiger partial charge >= 0.3 is 0 Å². The molecule has 11 heavy (non-hydrogen) atoms. The van der Waals surface area contributed by atoms with Crippen molar-refractivity contribution in [3.05, 3.63) is 22.6 Å². The first-order valence-electron chi connectivity index (χ1n) is 2.73. The summed E-state index contributed by atoms with van der Waals surface area (Å²) in [6.07, 6.45) is 1.54. The molecule has 1 N–H and O–H groups in total. The van der Waals surface area contributed by atoms with Crippen molar-refractivity contribution in [2.24, 2.45) is 0 Å². The lowest BCUT2D eigenvalue weighted by Gasteiger charge is -1.98. The van der Waals surface area contributed by atoms with Gasteiger partial charge in [-0.2, -0.15) is 0 Å². The summed E-state index contributed by atoms with van der Waals surface area (Å²) in [7, 11) is 1.62. The van der Waals surface area contributed by atoms with Crippen molar-refractivity contribution in [1.82, 2.24) is 4.98 Å². The molecule has 2 nitrogen and oxygen atoms in total. The highest BCUT2D eigenvalue weighted by Gasteiger charge is 1.99. The standard InChI is InChI=1S/C6H6BrFN2.ClH/c1-9-6-5(8)2-4(7)3-10-6;/h2-3H,1H3,(H,9,10);1H. The van der Waals surface area contributed by atoms with Crippen LogP contribution in [0.5, 0.6) is 0 Å². The van der Waals surface area contributed by atoms with Gasteiger partial charge in [0.1, 0.15) is 0 Å². The topological polar surface area (TPSA) is 24.9 Å². The summed E-state index contributed by atoms with van der Waals surface area (Å²) in [4.78, 5) is 3.76. The maximum absolute atomic E-state index is 12.7. The Hall–Kier alpha value is -0.350. The minimum atomic E-state index is -0.350. The zero-order valence-corrected chi connectivity index (χ0v) is 8.17. The Bertz CT molecular complexity index is 244. The second kappa shape index (κ2) is 4.51. The van der Waals surface area contributed by atoms with Crippen LogP contribution < -0.4 is 5.32 Å². The van der Waals surface area contributed by atoms with Crippen molar-refractivity contribution in [2.75, 3.05) is 12.4 Å². The lowest BCUT2D eigenvalue weighted by molar-refractivity contribution is 0.625. The van der Waals surface area contributed by atoms with E-state index in [9.17, 15) is 4.39 Å². The fraction of sp³-hybridized carbons (Fsp3) is 0.167. The highest BCUT2D eigenvalue weighted by Crippen LogP contribution is 2.14. The van der Waals surface area contributed by atoms with E-state index in [2.05, 4.69) is 26.2 Å². The van der Waals surface area contributed by atoms with Gasteiger partial charge in [0.25, 0.3) is 0 Å². The summed E-state index contributed by atoms with van der Waals surface area (Å²) in [5, 5.41) is 2.62. The Balaban J connectivity index is 0.000001000. The number of anilines is 1. The van der Waals surface area contributed by atoms with E-state index >= 15 is 0 Å². The molecule has 62 valence electrons. The number of halogens is 3. The zero-order valence-electron chi connectivity index (χ0n) is 5.77. The number of hydrogen-bond acceptors (Lipinski definition) is 2. The highest BCUT2D eigenvalue weighted by atomic mass is 79.9. The van der Waals surface area contributed by atoms with Gasteiger partial charge in [0.2, 0.25) is 0 Å². The first kappa shape index (κ1) is 10.7. The summed E-state index contributed by atoms with van der Waals surface area (Å²) in [6, 6.07) is 1.36. The third-order valence-electron chi connectivity index (χ3n) is 1.04. The second-order valence-electron chi connectivity index (χ2n) is 1.73. The minimum Gasteiger partial charge on any atom is -0.371 e. The fourth-order valence-corrected chi connectivity index (χ4v) is 0.902. The van der Waals surface area contributed by atoms with Crippen LogP contribution in [0.4, 0.5) is 10.2 Å². The van der Waals surface area contributed by atoms with Crippen molar-refractivity contribution >= 4 is 34.2 Å². The summed E-state index contributed by atoms with van der Waals surface area (Å²) >= 11 is 3.10. The highest BCUT2D eigenvalue weighted by molar-refractivity contribution is 9.10. The van der Waals surface area contributed by atoms with Gasteiger partial charge in [0, 0.05) is 17.7 Å². The number of nitrogens with one attached hydrogen (secondary N) is 1. The SMILES string of the molecule is CNc1ncc(Br)cc1F.Cl. The van der Waals surface area contributed by atoms with Crippen LogP contribution in [0.3, 0.4) is 0 Å². The Labute approximate surface area is 78.8 Å². The first-order chi connectivity index (χ1) is 4.74. The molecular formula is C6H7BrClFN2. The van der Waals surface area contributed by atoms with Crippen molar-refractivity contribution in [3.8, 4) is 0 Å². The number of rotatable bonds is 1. The molecule has 0 aromatic carbocycles. The minimum absolute atomic E-state index is 0. The summed E-state index contributed by atoms with van der Waals surface area (Å²) in [5.74, 6) is -0.0833. The molecule has 0 spiro atoms. The number of pyridine rings is 1. The second-order valence-corrected chi connectivity index (χ2v) is 2.65. The molecule has 0 unspecified atom stereocenters. The smallest absolute Gasteiger partial charge is 0.166 e. The molecule has 0 aliphatic carbocycles. The molecule has 0 saturated heterocycles. The molecule has 0 aliphatic heterocycles. The average Bonchev–Trinajstić information content (AvgIpc) is 1.88. The Kier molecular flexibility index (Phi) is 4.37. The molecule has 0 bridgehead atoms. The third-order valence-corrected chi connectivity index (χ3v) is 1.48. The van der Waals surface area contributed by atoms with Crippen LogP contribution in [0.1, 0.15) is 0 Å². The van der Waals surface area contributed by atoms with Gasteiger partial charge < -0.3 is 5.32 Å². The van der Waals surface area contributed by atoms with E-state index in [-0.39, 0.29) is 24.0 Å². The van der Waals surface area contributed by atoms with Gasteiger partial charge in [0.05, 0.1) is 0 Å². The molecule has 0 fully saturated rings. The summed E-state index contributed by atoms with van der Waals surface area (Å²) < 4.78 is 13.3. The van der Waals surface area contributed by atoms with Crippen molar-refractivity contribution in [1.29, 1.82) is 0 Å². The number of nitrogens with zero attached hydrogens (tertiary/aromatic N) is 1. The largest absolute Gasteiger partial charge is 0.371 e. The van der Waals surface area contributed by atoms with Gasteiger partial charge in [-0.15, -0.1) is 12.4 Å². The summed E-state index contributed by atoms with van der Waals surface area (Å²) in [5.41, 5.74) is 0. The number of hydrogen-bond donors (Lipinski definition) is 1. The molecule has 0 atom stereocenters. The Morgan fingerprint density at radius 1 is 1.64 bits per heavy atom. The van der Waals surface area contributed by atoms with Gasteiger partial charge in [-0.3, -0.25) is 0 Å². The molecule has 1 aromatic heterocycles. The molecule has 0 radical (unpaired) electrons.